The molecule has 1 rings (SSSR count). The molecule has 1 aromatic heterocycles. The monoisotopic (exact) mass is 187 g/mol. The first kappa shape index (κ1) is 10.9. The standard InChI is InChI=1S/C7H9N3O.ClH/c1-5-2-3-6(9-4-5)7(11)10-8;/h2-4H,8H2,1H3,(H,10,11);1H. The highest BCUT2D eigenvalue weighted by Gasteiger charge is 2.02. The van der Waals surface area contributed by atoms with Crippen molar-refractivity contribution in [1.29, 1.82) is 0 Å². The van der Waals surface area contributed by atoms with E-state index < -0.39 is 0 Å². The molecule has 0 aromatic carbocycles. The number of nitrogens with zero attached hydrogens (tertiary/aromatic N) is 1. The molecule has 0 saturated heterocycles. The van der Waals surface area contributed by atoms with Crippen LogP contribution in [0.25, 0.3) is 0 Å². The highest BCUT2D eigenvalue weighted by atomic mass is 35.5. The molecule has 0 atom stereocenters. The van der Waals surface area contributed by atoms with Gasteiger partial charge in [-0.05, 0) is 18.6 Å². The molecule has 0 bridgehead atoms. The highest BCUT2D eigenvalue weighted by molar-refractivity contribution is 5.91. The maximum absolute atomic E-state index is 10.8. The van der Waals surface area contributed by atoms with Crippen molar-refractivity contribution in [3.8, 4) is 0 Å². The minimum Gasteiger partial charge on any atom is -0.289 e. The van der Waals surface area contributed by atoms with Crippen molar-refractivity contribution in [3.05, 3.63) is 29.6 Å². The average Bonchev–Trinajstić information content (AvgIpc) is 2.05. The Hall–Kier alpha value is -1.13. The Bertz CT molecular complexity index is 260. The van der Waals surface area contributed by atoms with Crippen LogP contribution in [0.4, 0.5) is 0 Å². The molecule has 0 spiro atoms. The van der Waals surface area contributed by atoms with Gasteiger partial charge < -0.3 is 0 Å². The Kier molecular flexibility index (Phi) is 4.25. The van der Waals surface area contributed by atoms with Gasteiger partial charge in [0.25, 0.3) is 5.91 Å². The molecule has 1 aromatic rings. The quantitative estimate of drug-likeness (QED) is 0.380. The molecule has 1 heterocycles. The molecule has 12 heavy (non-hydrogen) atoms. The Balaban J connectivity index is 0.00000121. The average molecular weight is 188 g/mol. The smallest absolute Gasteiger partial charge is 0.283 e. The molecular formula is C7H10ClN3O. The summed E-state index contributed by atoms with van der Waals surface area (Å²) >= 11 is 0. The van der Waals surface area contributed by atoms with Gasteiger partial charge in [-0.15, -0.1) is 12.4 Å². The number of nitrogen functional groups attached to an aromatic ring is 1. The number of rotatable bonds is 1. The number of carbonyl (C=O) groups is 1. The van der Waals surface area contributed by atoms with Crippen molar-refractivity contribution in [2.75, 3.05) is 0 Å². The largest absolute Gasteiger partial charge is 0.289 e. The SMILES string of the molecule is Cc1ccc(C(=O)NN)nc1.Cl. The lowest BCUT2D eigenvalue weighted by atomic mass is 10.3. The molecule has 66 valence electrons. The van der Waals surface area contributed by atoms with Crippen molar-refractivity contribution in [1.82, 2.24) is 10.4 Å². The molecule has 0 aliphatic rings. The van der Waals surface area contributed by atoms with E-state index in [4.69, 9.17) is 5.84 Å². The van der Waals surface area contributed by atoms with Gasteiger partial charge in [-0.25, -0.2) is 5.84 Å². The van der Waals surface area contributed by atoms with Crippen LogP contribution in [-0.2, 0) is 0 Å². The van der Waals surface area contributed by atoms with Gasteiger partial charge >= 0.3 is 0 Å². The second-order valence-electron chi connectivity index (χ2n) is 2.19. The number of aryl methyl sites for hydroxylation is 1. The van der Waals surface area contributed by atoms with Crippen LogP contribution in [0.15, 0.2) is 18.3 Å². The summed E-state index contributed by atoms with van der Waals surface area (Å²) in [5.74, 6) is 4.53. The third-order valence-electron chi connectivity index (χ3n) is 1.28. The van der Waals surface area contributed by atoms with Crippen LogP contribution < -0.4 is 11.3 Å². The van der Waals surface area contributed by atoms with E-state index in [2.05, 4.69) is 4.98 Å². The predicted molar refractivity (Wildman–Crippen MR) is 47.9 cm³/mol. The van der Waals surface area contributed by atoms with E-state index >= 15 is 0 Å². The summed E-state index contributed by atoms with van der Waals surface area (Å²) in [7, 11) is 0. The van der Waals surface area contributed by atoms with E-state index in [1.165, 1.54) is 0 Å². The molecule has 0 aliphatic carbocycles. The van der Waals surface area contributed by atoms with Crippen LogP contribution >= 0.6 is 12.4 Å². The molecule has 5 heteroatoms. The summed E-state index contributed by atoms with van der Waals surface area (Å²) in [4.78, 5) is 14.7. The van der Waals surface area contributed by atoms with E-state index in [1.807, 2.05) is 12.3 Å². The first-order valence-electron chi connectivity index (χ1n) is 3.17. The van der Waals surface area contributed by atoms with Gasteiger partial charge in [-0.2, -0.15) is 0 Å². The third-order valence-corrected chi connectivity index (χ3v) is 1.28. The normalized spacial score (nSPS) is 8.50. The van der Waals surface area contributed by atoms with Crippen LogP contribution in [0.1, 0.15) is 16.1 Å². The van der Waals surface area contributed by atoms with Crippen molar-refractivity contribution < 1.29 is 4.79 Å². The minimum absolute atomic E-state index is 0. The number of nitrogens with two attached hydrogens (primary N) is 1. The maximum atomic E-state index is 10.8. The van der Waals surface area contributed by atoms with E-state index in [-0.39, 0.29) is 18.3 Å². The molecule has 0 fully saturated rings. The first-order chi connectivity index (χ1) is 5.24. The lowest BCUT2D eigenvalue weighted by molar-refractivity contribution is 0.0948. The van der Waals surface area contributed by atoms with E-state index in [1.54, 1.807) is 18.3 Å². The minimum atomic E-state index is -0.370. The Labute approximate surface area is 76.6 Å². The second-order valence-corrected chi connectivity index (χ2v) is 2.19. The molecule has 0 aliphatic heterocycles. The maximum Gasteiger partial charge on any atom is 0.283 e. The third kappa shape index (κ3) is 2.48. The number of hydrogen-bond acceptors (Lipinski definition) is 3. The molecule has 0 unspecified atom stereocenters. The van der Waals surface area contributed by atoms with Gasteiger partial charge in [0.15, 0.2) is 0 Å². The summed E-state index contributed by atoms with van der Waals surface area (Å²) in [5.41, 5.74) is 3.34. The fraction of sp³-hybridized carbons (Fsp3) is 0.143. The number of halogens is 1. The fourth-order valence-electron chi connectivity index (χ4n) is 0.676. The number of hydrazine groups is 1. The number of hydrogen-bond donors (Lipinski definition) is 2. The Morgan fingerprint density at radius 3 is 2.67 bits per heavy atom. The molecule has 0 saturated carbocycles. The Morgan fingerprint density at radius 1 is 1.58 bits per heavy atom. The van der Waals surface area contributed by atoms with E-state index in [9.17, 15) is 4.79 Å². The van der Waals surface area contributed by atoms with Crippen molar-refractivity contribution >= 4 is 18.3 Å². The van der Waals surface area contributed by atoms with Crippen LogP contribution in [0.3, 0.4) is 0 Å². The van der Waals surface area contributed by atoms with Crippen molar-refractivity contribution in [3.63, 3.8) is 0 Å². The Morgan fingerprint density at radius 2 is 2.25 bits per heavy atom. The highest BCUT2D eigenvalue weighted by Crippen LogP contribution is 1.96. The fourth-order valence-corrected chi connectivity index (χ4v) is 0.676. The summed E-state index contributed by atoms with van der Waals surface area (Å²) in [6.07, 6.45) is 1.62. The summed E-state index contributed by atoms with van der Waals surface area (Å²) in [6.45, 7) is 1.90. The van der Waals surface area contributed by atoms with Crippen LogP contribution in [0.2, 0.25) is 0 Å². The van der Waals surface area contributed by atoms with Crippen LogP contribution in [-0.4, -0.2) is 10.9 Å². The number of aromatic nitrogens is 1. The second kappa shape index (κ2) is 4.69. The molecule has 1 amide bonds. The van der Waals surface area contributed by atoms with E-state index in [0.717, 1.165) is 5.56 Å². The van der Waals surface area contributed by atoms with Gasteiger partial charge in [0.1, 0.15) is 5.69 Å². The number of amides is 1. The summed E-state index contributed by atoms with van der Waals surface area (Å²) in [5, 5.41) is 0. The van der Waals surface area contributed by atoms with Crippen LogP contribution in [0.5, 0.6) is 0 Å². The van der Waals surface area contributed by atoms with Gasteiger partial charge in [-0.1, -0.05) is 6.07 Å². The van der Waals surface area contributed by atoms with Crippen LogP contribution in [0, 0.1) is 6.92 Å². The zero-order chi connectivity index (χ0) is 8.27. The molecule has 0 radical (unpaired) electrons. The lowest BCUT2D eigenvalue weighted by Gasteiger charge is -1.97. The summed E-state index contributed by atoms with van der Waals surface area (Å²) < 4.78 is 0. The molecule has 3 N–H and O–H groups in total. The van der Waals surface area contributed by atoms with Gasteiger partial charge in [0.05, 0.1) is 0 Å². The zero-order valence-electron chi connectivity index (χ0n) is 6.57. The van der Waals surface area contributed by atoms with Gasteiger partial charge in [-0.3, -0.25) is 15.2 Å². The molecule has 4 nitrogen and oxygen atoms in total. The van der Waals surface area contributed by atoms with Crippen molar-refractivity contribution in [2.45, 2.75) is 6.92 Å². The lowest BCUT2D eigenvalue weighted by Crippen LogP contribution is -2.30. The number of nitrogens with one attached hydrogen (secondary N) is 1. The number of pyridine rings is 1. The summed E-state index contributed by atoms with van der Waals surface area (Å²) in [6, 6.07) is 3.43. The van der Waals surface area contributed by atoms with Crippen molar-refractivity contribution in [2.24, 2.45) is 5.84 Å². The first-order valence-corrected chi connectivity index (χ1v) is 3.17. The van der Waals surface area contributed by atoms with Gasteiger partial charge in [0, 0.05) is 6.20 Å². The topological polar surface area (TPSA) is 68.0 Å². The van der Waals surface area contributed by atoms with Gasteiger partial charge in [0.2, 0.25) is 0 Å². The van der Waals surface area contributed by atoms with E-state index in [0.29, 0.717) is 5.69 Å². The predicted octanol–water partition coefficient (Wildman–Crippen LogP) is 0.415. The number of carbonyl (C=O) groups excluding carboxylic acids is 1. The zero-order valence-corrected chi connectivity index (χ0v) is 7.39. The molecular weight excluding hydrogens is 178 g/mol.